The Morgan fingerprint density at radius 1 is 1.00 bits per heavy atom. The van der Waals surface area contributed by atoms with E-state index in [0.717, 1.165) is 29.6 Å². The summed E-state index contributed by atoms with van der Waals surface area (Å²) in [5, 5.41) is 0.0243. The number of halogens is 2. The maximum absolute atomic E-state index is 12.8. The molecule has 1 aromatic rings. The van der Waals surface area contributed by atoms with Crippen LogP contribution >= 0.6 is 23.2 Å². The predicted octanol–water partition coefficient (Wildman–Crippen LogP) is 8.90. The normalized spacial score (nSPS) is 38.8. The van der Waals surface area contributed by atoms with Gasteiger partial charge in [-0.25, -0.2) is 13.1 Å². The van der Waals surface area contributed by atoms with Crippen LogP contribution in [0.15, 0.2) is 23.1 Å². The van der Waals surface area contributed by atoms with E-state index in [4.69, 9.17) is 23.2 Å². The van der Waals surface area contributed by atoms with Crippen LogP contribution in [0.25, 0.3) is 0 Å². The Morgan fingerprint density at radius 3 is 2.38 bits per heavy atom. The van der Waals surface area contributed by atoms with Crippen molar-refractivity contribution in [2.75, 3.05) is 0 Å². The highest BCUT2D eigenvalue weighted by atomic mass is 35.5. The lowest BCUT2D eigenvalue weighted by Gasteiger charge is -2.63. The molecule has 1 amide bonds. The lowest BCUT2D eigenvalue weighted by atomic mass is 9.42. The summed E-state index contributed by atoms with van der Waals surface area (Å²) in [5.41, 5.74) is 0.853. The molecular weight excluding hydrogens is 549 g/mol. The highest BCUT2D eigenvalue weighted by Crippen LogP contribution is 2.69. The maximum Gasteiger partial charge on any atom is 0.267 e. The van der Waals surface area contributed by atoms with E-state index in [1.54, 1.807) is 6.07 Å². The van der Waals surface area contributed by atoms with Crippen molar-refractivity contribution in [3.63, 3.8) is 0 Å². The lowest BCUT2D eigenvalue weighted by molar-refractivity contribution is -0.138. The molecule has 1 N–H and O–H groups in total. The van der Waals surface area contributed by atoms with Crippen LogP contribution in [-0.4, -0.2) is 14.3 Å². The van der Waals surface area contributed by atoms with Crippen LogP contribution in [0.4, 0.5) is 0 Å². The van der Waals surface area contributed by atoms with Gasteiger partial charge in [0.15, 0.2) is 0 Å². The smallest absolute Gasteiger partial charge is 0.267 e. The third kappa shape index (κ3) is 5.20. The molecule has 0 aromatic heterocycles. The van der Waals surface area contributed by atoms with E-state index in [2.05, 4.69) is 32.4 Å². The summed E-state index contributed by atoms with van der Waals surface area (Å²) in [4.78, 5) is 12.6. The van der Waals surface area contributed by atoms with Crippen molar-refractivity contribution in [3.05, 3.63) is 28.2 Å². The predicted molar refractivity (Wildman–Crippen MR) is 159 cm³/mol. The van der Waals surface area contributed by atoms with Crippen molar-refractivity contribution < 1.29 is 13.2 Å². The Kier molecular flexibility index (Phi) is 8.48. The molecular formula is C32H47Cl2NO3S. The van der Waals surface area contributed by atoms with Gasteiger partial charge in [-0.3, -0.25) is 4.79 Å². The summed E-state index contributed by atoms with van der Waals surface area (Å²) >= 11 is 12.2. The van der Waals surface area contributed by atoms with Crippen LogP contribution in [0.1, 0.15) is 105 Å². The van der Waals surface area contributed by atoms with Crippen LogP contribution in [0.3, 0.4) is 0 Å². The van der Waals surface area contributed by atoms with Crippen LogP contribution < -0.4 is 4.72 Å². The molecule has 7 heteroatoms. The summed E-state index contributed by atoms with van der Waals surface area (Å²) in [5.74, 6) is 4.79. The monoisotopic (exact) mass is 595 g/mol. The standard InChI is InChI=1S/C32H47Cl2NO3S/c1-5-21-19-22-25-14-13-23(32(25,4)18-16-26(22)31(3)17-7-6-9-24(21)31)20(2)12-15-29(36)35-39(37,38)30-27(33)10-8-11-28(30)34/h8,10-11,20-26H,5-7,9,12-19H2,1-4H3,(H,35,36)/t20-,21+,22?,23-,24+,25?,26?,31+,32-/m1/s1. The second-order valence-electron chi connectivity index (χ2n) is 14.0. The van der Waals surface area contributed by atoms with Gasteiger partial charge in [0.05, 0.1) is 10.0 Å². The minimum absolute atomic E-state index is 0.0122. The molecule has 218 valence electrons. The van der Waals surface area contributed by atoms with Crippen molar-refractivity contribution in [1.29, 1.82) is 0 Å². The lowest BCUT2D eigenvalue weighted by Crippen LogP contribution is -2.55. The van der Waals surface area contributed by atoms with Gasteiger partial charge in [-0.1, -0.05) is 76.2 Å². The minimum Gasteiger partial charge on any atom is -0.274 e. The summed E-state index contributed by atoms with van der Waals surface area (Å²) in [6, 6.07) is 4.51. The molecule has 0 radical (unpaired) electrons. The Hall–Kier alpha value is -0.780. The first kappa shape index (κ1) is 29.7. The van der Waals surface area contributed by atoms with Crippen LogP contribution in [0.2, 0.25) is 10.0 Å². The van der Waals surface area contributed by atoms with Gasteiger partial charge in [-0.15, -0.1) is 0 Å². The Balaban J connectivity index is 1.24. The number of nitrogens with one attached hydrogen (secondary N) is 1. The topological polar surface area (TPSA) is 63.2 Å². The quantitative estimate of drug-likeness (QED) is 0.342. The SMILES string of the molecule is CC[C@H]1CC2C3CC[C@H]([C@H](C)CCC(=O)NS(=O)(=O)c4c(Cl)cccc4Cl)[C@@]3(C)CCC2[C@@]2(C)CCCC[C@@H]12. The number of amides is 1. The van der Waals surface area contributed by atoms with E-state index in [1.165, 1.54) is 76.3 Å². The third-order valence-electron chi connectivity index (χ3n) is 12.3. The molecule has 1 aromatic carbocycles. The van der Waals surface area contributed by atoms with Gasteiger partial charge in [0.2, 0.25) is 5.91 Å². The molecule has 4 nitrogen and oxygen atoms in total. The zero-order valence-electron chi connectivity index (χ0n) is 24.1. The summed E-state index contributed by atoms with van der Waals surface area (Å²) in [6.45, 7) is 9.93. The number of benzene rings is 1. The summed E-state index contributed by atoms with van der Waals surface area (Å²) < 4.78 is 27.9. The average molecular weight is 597 g/mol. The first-order valence-corrected chi connectivity index (χ1v) is 17.7. The summed E-state index contributed by atoms with van der Waals surface area (Å²) in [6.07, 6.45) is 14.5. The maximum atomic E-state index is 12.8. The number of sulfonamides is 1. The van der Waals surface area contributed by atoms with Crippen LogP contribution in [0, 0.1) is 52.3 Å². The molecule has 39 heavy (non-hydrogen) atoms. The Labute approximate surface area is 246 Å². The second-order valence-corrected chi connectivity index (χ2v) is 16.4. The van der Waals surface area contributed by atoms with Gasteiger partial charge in [-0.2, -0.15) is 0 Å². The molecule has 4 saturated carbocycles. The van der Waals surface area contributed by atoms with Gasteiger partial charge in [-0.05, 0) is 116 Å². The van der Waals surface area contributed by atoms with Crippen molar-refractivity contribution >= 4 is 39.1 Å². The molecule has 0 bridgehead atoms. The third-order valence-corrected chi connectivity index (χ3v) is 14.6. The molecule has 9 atom stereocenters. The molecule has 4 fully saturated rings. The van der Waals surface area contributed by atoms with Gasteiger partial charge < -0.3 is 0 Å². The molecule has 3 unspecified atom stereocenters. The van der Waals surface area contributed by atoms with Crippen molar-refractivity contribution in [2.24, 2.45) is 52.3 Å². The van der Waals surface area contributed by atoms with E-state index in [1.807, 2.05) is 0 Å². The van der Waals surface area contributed by atoms with Crippen LogP contribution in [0.5, 0.6) is 0 Å². The second kappa shape index (κ2) is 11.1. The largest absolute Gasteiger partial charge is 0.274 e. The first-order valence-electron chi connectivity index (χ1n) is 15.4. The minimum atomic E-state index is -4.12. The van der Waals surface area contributed by atoms with Gasteiger partial charge >= 0.3 is 0 Å². The van der Waals surface area contributed by atoms with E-state index < -0.39 is 15.9 Å². The van der Waals surface area contributed by atoms with E-state index in [-0.39, 0.29) is 21.4 Å². The number of hydrogen-bond acceptors (Lipinski definition) is 3. The van der Waals surface area contributed by atoms with Gasteiger partial charge in [0.25, 0.3) is 10.0 Å². The summed E-state index contributed by atoms with van der Waals surface area (Å²) in [7, 11) is -4.12. The molecule has 5 rings (SSSR count). The molecule has 0 spiro atoms. The highest BCUT2D eigenvalue weighted by molar-refractivity contribution is 7.90. The number of rotatable bonds is 7. The Morgan fingerprint density at radius 2 is 1.69 bits per heavy atom. The van der Waals surface area contributed by atoms with Gasteiger partial charge in [0, 0.05) is 6.42 Å². The number of carbonyl (C=O) groups excluding carboxylic acids is 1. The zero-order valence-corrected chi connectivity index (χ0v) is 26.5. The number of carbonyl (C=O) groups is 1. The van der Waals surface area contributed by atoms with E-state index in [9.17, 15) is 13.2 Å². The number of fused-ring (bicyclic) bond motifs is 5. The fourth-order valence-corrected chi connectivity index (χ4v) is 12.7. The average Bonchev–Trinajstić information content (AvgIpc) is 3.23. The van der Waals surface area contributed by atoms with E-state index in [0.29, 0.717) is 29.1 Å². The van der Waals surface area contributed by atoms with Crippen molar-refractivity contribution in [1.82, 2.24) is 4.72 Å². The van der Waals surface area contributed by atoms with Gasteiger partial charge in [0.1, 0.15) is 4.90 Å². The highest BCUT2D eigenvalue weighted by Gasteiger charge is 2.61. The molecule has 0 aliphatic heterocycles. The fraction of sp³-hybridized carbons (Fsp3) is 0.781. The molecule has 4 aliphatic carbocycles. The fourth-order valence-electron chi connectivity index (χ4n) is 10.5. The molecule has 4 aliphatic rings. The zero-order chi connectivity index (χ0) is 28.2. The molecule has 0 heterocycles. The Bertz CT molecular complexity index is 1170. The first-order chi connectivity index (χ1) is 18.4. The van der Waals surface area contributed by atoms with Crippen molar-refractivity contribution in [3.8, 4) is 0 Å². The van der Waals surface area contributed by atoms with Crippen molar-refractivity contribution in [2.45, 2.75) is 110 Å². The van der Waals surface area contributed by atoms with E-state index >= 15 is 0 Å². The number of hydrogen-bond donors (Lipinski definition) is 1. The van der Waals surface area contributed by atoms with Crippen LogP contribution in [-0.2, 0) is 14.8 Å². The molecule has 0 saturated heterocycles.